The average Bonchev–Trinajstić information content (AvgIpc) is 2.72. The first-order valence-corrected chi connectivity index (χ1v) is 5.67. The maximum absolute atomic E-state index is 11.6. The van der Waals surface area contributed by atoms with Crippen LogP contribution in [0.3, 0.4) is 0 Å². The molecule has 0 aliphatic carbocycles. The van der Waals surface area contributed by atoms with Gasteiger partial charge in [-0.25, -0.2) is 4.98 Å². The molecule has 1 heterocycles. The lowest BCUT2D eigenvalue weighted by Crippen LogP contribution is -2.18. The third kappa shape index (κ3) is 2.26. The molecule has 0 radical (unpaired) electrons. The quantitative estimate of drug-likeness (QED) is 0.869. The predicted molar refractivity (Wildman–Crippen MR) is 64.9 cm³/mol. The summed E-state index contributed by atoms with van der Waals surface area (Å²) >= 11 is 10.9. The lowest BCUT2D eigenvalue weighted by atomic mass is 10.1. The molecule has 1 N–H and O–H groups in total. The van der Waals surface area contributed by atoms with E-state index in [4.69, 9.17) is 28.5 Å². The van der Waals surface area contributed by atoms with Gasteiger partial charge in [-0.2, -0.15) is 5.26 Å². The number of nitriles is 1. The largest absolute Gasteiger partial charge is 0.340 e. The Bertz CT molecular complexity index is 567. The van der Waals surface area contributed by atoms with Gasteiger partial charge in [0.1, 0.15) is 5.82 Å². The summed E-state index contributed by atoms with van der Waals surface area (Å²) in [4.78, 5) is 17.5. The number of alkyl halides is 2. The van der Waals surface area contributed by atoms with Gasteiger partial charge in [-0.1, -0.05) is 35.3 Å². The lowest BCUT2D eigenvalue weighted by Gasteiger charge is -2.04. The first-order valence-electron chi connectivity index (χ1n) is 4.79. The molecule has 0 unspecified atom stereocenters. The normalized spacial score (nSPS) is 12.6. The number of benzene rings is 1. The third-order valence-corrected chi connectivity index (χ3v) is 2.74. The fourth-order valence-electron chi connectivity index (χ4n) is 1.49. The molecule has 6 heteroatoms. The monoisotopic (exact) mass is 267 g/mol. The summed E-state index contributed by atoms with van der Waals surface area (Å²) in [6, 6.07) is 9.10. The van der Waals surface area contributed by atoms with Crippen LogP contribution in [0.4, 0.5) is 0 Å². The number of aromatic nitrogens is 2. The van der Waals surface area contributed by atoms with Gasteiger partial charge in [0, 0.05) is 0 Å². The van der Waals surface area contributed by atoms with Crippen molar-refractivity contribution >= 4 is 40.0 Å². The zero-order chi connectivity index (χ0) is 12.4. The van der Waals surface area contributed by atoms with Crippen LogP contribution in [0, 0.1) is 11.3 Å². The van der Waals surface area contributed by atoms with Crippen molar-refractivity contribution in [3.05, 3.63) is 30.1 Å². The number of H-pyrrole nitrogens is 1. The van der Waals surface area contributed by atoms with E-state index in [0.717, 1.165) is 5.52 Å². The second kappa shape index (κ2) is 4.74. The van der Waals surface area contributed by atoms with Crippen molar-refractivity contribution in [2.75, 3.05) is 0 Å². The summed E-state index contributed by atoms with van der Waals surface area (Å²) in [6.07, 6.45) is 0. The molecule has 0 aliphatic rings. The number of imidazole rings is 1. The number of para-hydroxylation sites is 2. The average molecular weight is 268 g/mol. The molecule has 0 saturated carbocycles. The molecule has 0 amide bonds. The van der Waals surface area contributed by atoms with Gasteiger partial charge < -0.3 is 4.98 Å². The van der Waals surface area contributed by atoms with E-state index in [1.54, 1.807) is 6.07 Å². The summed E-state index contributed by atoms with van der Waals surface area (Å²) in [6.45, 7) is 0. The molecular weight excluding hydrogens is 261 g/mol. The summed E-state index contributed by atoms with van der Waals surface area (Å²) in [7, 11) is 0. The molecule has 1 aromatic carbocycles. The number of hydrogen-bond donors (Lipinski definition) is 1. The highest BCUT2D eigenvalue weighted by atomic mass is 35.5. The van der Waals surface area contributed by atoms with Crippen LogP contribution < -0.4 is 0 Å². The highest BCUT2D eigenvalue weighted by molar-refractivity contribution is 6.54. The van der Waals surface area contributed by atoms with E-state index in [1.165, 1.54) is 0 Å². The molecule has 17 heavy (non-hydrogen) atoms. The van der Waals surface area contributed by atoms with Crippen LogP contribution in [0.1, 0.15) is 11.7 Å². The molecule has 4 nitrogen and oxygen atoms in total. The van der Waals surface area contributed by atoms with Gasteiger partial charge in [-0.05, 0) is 12.1 Å². The molecule has 1 atom stereocenters. The minimum atomic E-state index is -1.23. The van der Waals surface area contributed by atoms with E-state index in [1.807, 2.05) is 24.3 Å². The molecule has 1 aromatic heterocycles. The Morgan fingerprint density at radius 1 is 1.41 bits per heavy atom. The van der Waals surface area contributed by atoms with Gasteiger partial charge in [-0.3, -0.25) is 4.79 Å². The summed E-state index contributed by atoms with van der Waals surface area (Å²) < 4.78 is 0. The molecule has 0 spiro atoms. The van der Waals surface area contributed by atoms with Crippen LogP contribution in [-0.2, 0) is 4.79 Å². The van der Waals surface area contributed by atoms with E-state index >= 15 is 0 Å². The highest BCUT2D eigenvalue weighted by Crippen LogP contribution is 2.21. The first kappa shape index (κ1) is 11.9. The molecule has 86 valence electrons. The van der Waals surface area contributed by atoms with E-state index < -0.39 is 16.5 Å². The Morgan fingerprint density at radius 3 is 2.71 bits per heavy atom. The maximum atomic E-state index is 11.6. The number of Topliss-reactive ketones (excluding diaryl/α,β-unsaturated/α-hetero) is 1. The van der Waals surface area contributed by atoms with Gasteiger partial charge in [0.2, 0.25) is 0 Å². The van der Waals surface area contributed by atoms with Gasteiger partial charge in [0.25, 0.3) is 0 Å². The van der Waals surface area contributed by atoms with E-state index in [2.05, 4.69) is 9.97 Å². The maximum Gasteiger partial charge on any atom is 0.190 e. The SMILES string of the molecule is N#C[C@@H](C(=O)C(Cl)Cl)c1nc2ccccc2[nH]1. The molecule has 0 fully saturated rings. The van der Waals surface area contributed by atoms with Crippen molar-refractivity contribution in [1.82, 2.24) is 9.97 Å². The van der Waals surface area contributed by atoms with Crippen molar-refractivity contribution in [2.24, 2.45) is 0 Å². The minimum Gasteiger partial charge on any atom is -0.340 e. The van der Waals surface area contributed by atoms with Gasteiger partial charge >= 0.3 is 0 Å². The lowest BCUT2D eigenvalue weighted by molar-refractivity contribution is -0.117. The summed E-state index contributed by atoms with van der Waals surface area (Å²) in [5.74, 6) is -1.37. The highest BCUT2D eigenvalue weighted by Gasteiger charge is 2.28. The number of hydrogen-bond acceptors (Lipinski definition) is 3. The van der Waals surface area contributed by atoms with Crippen molar-refractivity contribution in [3.63, 3.8) is 0 Å². The van der Waals surface area contributed by atoms with Crippen LogP contribution >= 0.6 is 23.2 Å². The standard InChI is InChI=1S/C11H7Cl2N3O/c12-10(13)9(17)6(5-14)11-15-7-3-1-2-4-8(7)16-11/h1-4,6,10H,(H,15,16)/t6-/m0/s1. The number of carbonyl (C=O) groups is 1. The van der Waals surface area contributed by atoms with Gasteiger partial charge in [0.05, 0.1) is 17.1 Å². The zero-order valence-corrected chi connectivity index (χ0v) is 10.0. The predicted octanol–water partition coefficient (Wildman–Crippen LogP) is 2.54. The fraction of sp³-hybridized carbons (Fsp3) is 0.182. The first-order chi connectivity index (χ1) is 8.13. The van der Waals surface area contributed by atoms with Crippen molar-refractivity contribution < 1.29 is 4.79 Å². The van der Waals surface area contributed by atoms with Gasteiger partial charge in [0.15, 0.2) is 16.5 Å². The molecule has 0 saturated heterocycles. The molecule has 2 rings (SSSR count). The van der Waals surface area contributed by atoms with Crippen LogP contribution in [0.15, 0.2) is 24.3 Å². The zero-order valence-electron chi connectivity index (χ0n) is 8.52. The Morgan fingerprint density at radius 2 is 2.12 bits per heavy atom. The number of rotatable bonds is 3. The minimum absolute atomic E-state index is 0.269. The Balaban J connectivity index is 2.44. The summed E-state index contributed by atoms with van der Waals surface area (Å²) in [5.41, 5.74) is 1.45. The van der Waals surface area contributed by atoms with Crippen molar-refractivity contribution in [2.45, 2.75) is 10.8 Å². The second-order valence-electron chi connectivity index (χ2n) is 3.40. The van der Waals surface area contributed by atoms with E-state index in [9.17, 15) is 4.79 Å². The topological polar surface area (TPSA) is 69.5 Å². The van der Waals surface area contributed by atoms with Gasteiger partial charge in [-0.15, -0.1) is 0 Å². The van der Waals surface area contributed by atoms with E-state index in [0.29, 0.717) is 5.52 Å². The number of nitrogens with one attached hydrogen (secondary N) is 1. The molecule has 2 aromatic rings. The summed E-state index contributed by atoms with van der Waals surface area (Å²) in [5, 5.41) is 8.98. The number of ketones is 1. The number of halogens is 2. The number of aromatic amines is 1. The van der Waals surface area contributed by atoms with E-state index in [-0.39, 0.29) is 5.82 Å². The Hall–Kier alpha value is -1.57. The van der Waals surface area contributed by atoms with Crippen molar-refractivity contribution in [3.8, 4) is 6.07 Å². The fourth-order valence-corrected chi connectivity index (χ4v) is 1.75. The molecule has 0 bridgehead atoms. The van der Waals surface area contributed by atoms with Crippen LogP contribution in [0.5, 0.6) is 0 Å². The van der Waals surface area contributed by atoms with Crippen LogP contribution in [0.25, 0.3) is 11.0 Å². The number of fused-ring (bicyclic) bond motifs is 1. The molecular formula is C11H7Cl2N3O. The van der Waals surface area contributed by atoms with Crippen molar-refractivity contribution in [1.29, 1.82) is 5.26 Å². The van der Waals surface area contributed by atoms with Crippen LogP contribution in [0.2, 0.25) is 0 Å². The Kier molecular flexibility index (Phi) is 3.32. The number of nitrogens with zero attached hydrogens (tertiary/aromatic N) is 2. The van der Waals surface area contributed by atoms with Crippen LogP contribution in [-0.4, -0.2) is 20.6 Å². The second-order valence-corrected chi connectivity index (χ2v) is 4.50. The molecule has 0 aliphatic heterocycles. The number of carbonyl (C=O) groups excluding carboxylic acids is 1. The Labute approximate surface area is 107 Å². The smallest absolute Gasteiger partial charge is 0.190 e. The third-order valence-electron chi connectivity index (χ3n) is 2.31.